The molecule has 10 rings (SSSR count). The molecule has 2 saturated carbocycles. The van der Waals surface area contributed by atoms with Crippen molar-refractivity contribution in [1.29, 1.82) is 0 Å². The van der Waals surface area contributed by atoms with Crippen LogP contribution in [0.2, 0.25) is 0 Å². The van der Waals surface area contributed by atoms with Crippen LogP contribution in [-0.4, -0.2) is 83.0 Å². The zero-order valence-corrected chi connectivity index (χ0v) is 47.4. The summed E-state index contributed by atoms with van der Waals surface area (Å²) in [6.07, 6.45) is 10.2. The normalized spacial score (nSPS) is 17.2. The maximum atomic E-state index is 13.1. The number of aliphatic hydroxyl groups is 2. The zero-order valence-electron chi connectivity index (χ0n) is 47.4. The Bertz CT molecular complexity index is 3390. The highest BCUT2D eigenvalue weighted by molar-refractivity contribution is 6.21. The number of amides is 2. The number of benzene rings is 5. The van der Waals surface area contributed by atoms with Gasteiger partial charge in [0.15, 0.2) is 0 Å². The van der Waals surface area contributed by atoms with Gasteiger partial charge in [0.25, 0.3) is 11.8 Å². The van der Waals surface area contributed by atoms with Gasteiger partial charge < -0.3 is 37.2 Å². The van der Waals surface area contributed by atoms with Gasteiger partial charge in [0.2, 0.25) is 23.5 Å². The molecule has 12 N–H and O–H groups in total. The molecule has 2 aliphatic carbocycles. The van der Waals surface area contributed by atoms with Crippen LogP contribution in [0, 0.1) is 57.7 Å². The molecule has 3 aliphatic rings. The summed E-state index contributed by atoms with van der Waals surface area (Å²) >= 11 is 0. The maximum Gasteiger partial charge on any atom is 0.329 e. The number of carbonyl (C=O) groups excluding carboxylic acids is 2. The van der Waals surface area contributed by atoms with E-state index in [-0.39, 0.29) is 60.5 Å². The number of nitro groups is 2. The smallest absolute Gasteiger partial charge is 0.329 e. The van der Waals surface area contributed by atoms with E-state index in [0.29, 0.717) is 73.5 Å². The average molecular weight is 1140 g/mol. The van der Waals surface area contributed by atoms with E-state index in [4.69, 9.17) is 5.73 Å². The number of hydrazine groups is 1. The molecule has 1 aliphatic heterocycles. The van der Waals surface area contributed by atoms with E-state index in [1.54, 1.807) is 24.3 Å². The number of hydrogen-bond acceptors (Lipinski definition) is 19. The van der Waals surface area contributed by atoms with Gasteiger partial charge in [-0.15, -0.1) is 0 Å². The second kappa shape index (κ2) is 29.4. The molecular weight excluding hydrogens is 1070 g/mol. The number of aromatic nitrogens is 4. The van der Waals surface area contributed by atoms with Gasteiger partial charge in [-0.1, -0.05) is 97.1 Å². The van der Waals surface area contributed by atoms with Gasteiger partial charge in [-0.3, -0.25) is 46.4 Å². The lowest BCUT2D eigenvalue weighted by molar-refractivity contribution is -0.384. The van der Waals surface area contributed by atoms with Crippen molar-refractivity contribution in [2.45, 2.75) is 91.4 Å². The molecule has 2 fully saturated rings. The Morgan fingerprint density at radius 2 is 0.869 bits per heavy atom. The molecule has 0 spiro atoms. The predicted octanol–water partition coefficient (Wildman–Crippen LogP) is 9.44. The summed E-state index contributed by atoms with van der Waals surface area (Å²) in [6, 6.07) is 34.9. The fraction of sp³-hybridized carbons (Fsp3) is 0.355. The number of hydrogen-bond donors (Lipinski definition) is 9. The molecule has 0 bridgehead atoms. The lowest BCUT2D eigenvalue weighted by atomic mass is 9.82. The van der Waals surface area contributed by atoms with E-state index in [1.165, 1.54) is 17.3 Å². The number of nitrogens with one attached hydrogen (secondary N) is 4. The minimum Gasteiger partial charge on any atom is -0.396 e. The number of rotatable bonds is 21. The van der Waals surface area contributed by atoms with Crippen molar-refractivity contribution in [2.75, 3.05) is 47.6 Å². The first-order valence-electron chi connectivity index (χ1n) is 28.4. The molecule has 84 heavy (non-hydrogen) atoms. The van der Waals surface area contributed by atoms with Crippen molar-refractivity contribution >= 4 is 46.7 Å². The van der Waals surface area contributed by atoms with Gasteiger partial charge in [-0.25, -0.2) is 9.97 Å². The molecule has 0 saturated heterocycles. The second-order valence-electron chi connectivity index (χ2n) is 21.4. The highest BCUT2D eigenvalue weighted by atomic mass is 16.6. The summed E-state index contributed by atoms with van der Waals surface area (Å²) < 4.78 is 0. The Balaban J connectivity index is 0.000000219. The van der Waals surface area contributed by atoms with Gasteiger partial charge in [0.05, 0.1) is 27.5 Å². The predicted molar refractivity (Wildman–Crippen MR) is 324 cm³/mol. The van der Waals surface area contributed by atoms with Gasteiger partial charge in [0, 0.05) is 45.9 Å². The lowest BCUT2D eigenvalue weighted by Crippen LogP contribution is -2.29. The van der Waals surface area contributed by atoms with E-state index in [9.17, 15) is 40.0 Å². The number of aliphatic hydroxyl groups excluding tert-OH is 2. The first kappa shape index (κ1) is 61.3. The lowest BCUT2D eigenvalue weighted by Gasteiger charge is -2.27. The van der Waals surface area contributed by atoms with Crippen LogP contribution in [0.15, 0.2) is 122 Å². The van der Waals surface area contributed by atoms with Crippen molar-refractivity contribution in [3.8, 4) is 22.3 Å². The minimum atomic E-state index is -0.484. The van der Waals surface area contributed by atoms with Crippen LogP contribution in [0.1, 0.15) is 105 Å². The Hall–Kier alpha value is -8.80. The standard InChI is InChI=1S/C35H36N6O5.C27H34N6O3.H4N2/c1-22-25(18-37-35-38-19-31(41(45)46)32(39-35)36-17-23-13-15-24(21-42)16-14-23)8-6-12-27(22)28-9-3-2-7-26(28)20-40-33(43)29-10-4-5-11-30(29)34(40)44;1-18-22(6-4-8-23(18)24-7-3-2-5-21(24)13-28)15-30-27-31-16-25(33(35)36)26(32-27)29-14-19-9-11-20(17-34)12-10-19;1-2/h2-12,19,23-24,42H,13-18,20-21H2,1H3,(H2,36,37,38,39);2-8,16,19-20,34H,9-15,17,28H2,1H3,(H2,29,30,31,32);1-2H2. The third kappa shape index (κ3) is 14.9. The van der Waals surface area contributed by atoms with Crippen molar-refractivity contribution in [3.05, 3.63) is 186 Å². The Morgan fingerprint density at radius 1 is 0.512 bits per heavy atom. The van der Waals surface area contributed by atoms with E-state index < -0.39 is 9.85 Å². The number of carbonyl (C=O) groups is 2. The summed E-state index contributed by atoms with van der Waals surface area (Å²) in [5, 5.41) is 54.8. The van der Waals surface area contributed by atoms with Gasteiger partial charge in [-0.05, 0) is 157 Å². The number of nitrogens with two attached hydrogens (primary N) is 3. The van der Waals surface area contributed by atoms with E-state index in [0.717, 1.165) is 107 Å². The van der Waals surface area contributed by atoms with E-state index >= 15 is 0 Å². The largest absolute Gasteiger partial charge is 0.396 e. The second-order valence-corrected chi connectivity index (χ2v) is 21.4. The topological polar surface area (TPSA) is 342 Å². The van der Waals surface area contributed by atoms with Crippen LogP contribution in [0.4, 0.5) is 34.9 Å². The summed E-state index contributed by atoms with van der Waals surface area (Å²) in [5.74, 6) is 9.89. The third-order valence-electron chi connectivity index (χ3n) is 16.3. The first-order chi connectivity index (χ1) is 40.8. The van der Waals surface area contributed by atoms with Crippen LogP contribution in [0.3, 0.4) is 0 Å². The van der Waals surface area contributed by atoms with Gasteiger partial charge in [-0.2, -0.15) is 9.97 Å². The summed E-state index contributed by atoms with van der Waals surface area (Å²) in [7, 11) is 0. The number of imide groups is 1. The van der Waals surface area contributed by atoms with E-state index in [1.807, 2.05) is 79.7 Å². The van der Waals surface area contributed by atoms with Crippen molar-refractivity contribution < 1.29 is 29.6 Å². The number of anilines is 4. The van der Waals surface area contributed by atoms with Crippen molar-refractivity contribution in [3.63, 3.8) is 0 Å². The summed E-state index contributed by atoms with van der Waals surface area (Å²) in [5.41, 5.74) is 16.7. The Morgan fingerprint density at radius 3 is 1.27 bits per heavy atom. The summed E-state index contributed by atoms with van der Waals surface area (Å²) in [4.78, 5) is 67.0. The van der Waals surface area contributed by atoms with Crippen LogP contribution in [0.5, 0.6) is 0 Å². The molecule has 0 unspecified atom stereocenters. The molecule has 0 atom stereocenters. The Labute approximate surface area is 488 Å². The minimum absolute atomic E-state index is 0.138. The fourth-order valence-corrected chi connectivity index (χ4v) is 11.3. The zero-order chi connectivity index (χ0) is 59.7. The van der Waals surface area contributed by atoms with Crippen LogP contribution in [0.25, 0.3) is 22.3 Å². The fourth-order valence-electron chi connectivity index (χ4n) is 11.3. The SMILES string of the molecule is Cc1c(CNc2ncc([N+](=O)[O-])c(NCC3CCC(CO)CC3)n2)cccc1-c1ccccc1CN.Cc1c(CNc2ncc([N+](=O)[O-])c(NCC3CCC(CO)CC3)n2)cccc1-c1ccccc1CN1C(=O)c2ccccc2C1=O.NN. The molecule has 440 valence electrons. The quantitative estimate of drug-likeness (QED) is 0.0140. The summed E-state index contributed by atoms with van der Waals surface area (Å²) in [6.45, 7) is 7.18. The highest BCUT2D eigenvalue weighted by Gasteiger charge is 2.35. The van der Waals surface area contributed by atoms with Crippen LogP contribution < -0.4 is 38.7 Å². The first-order valence-corrected chi connectivity index (χ1v) is 28.4. The third-order valence-corrected chi connectivity index (χ3v) is 16.3. The molecular formula is C62H74N14O8. The number of nitrogens with zero attached hydrogens (tertiary/aromatic N) is 7. The average Bonchev–Trinajstić information content (AvgIpc) is 3.94. The maximum absolute atomic E-state index is 13.1. The van der Waals surface area contributed by atoms with Gasteiger partial charge in [0.1, 0.15) is 12.4 Å². The Kier molecular flexibility index (Phi) is 21.5. The molecule has 22 nitrogen and oxygen atoms in total. The van der Waals surface area contributed by atoms with Gasteiger partial charge >= 0.3 is 11.4 Å². The van der Waals surface area contributed by atoms with E-state index in [2.05, 4.69) is 71.9 Å². The molecule has 22 heteroatoms. The molecule has 5 aromatic carbocycles. The number of fused-ring (bicyclic) bond motifs is 1. The highest BCUT2D eigenvalue weighted by Crippen LogP contribution is 2.35. The molecule has 2 amide bonds. The molecule has 3 heterocycles. The molecule has 0 radical (unpaired) electrons. The van der Waals surface area contributed by atoms with Crippen LogP contribution in [-0.2, 0) is 26.2 Å². The van der Waals surface area contributed by atoms with Crippen molar-refractivity contribution in [2.24, 2.45) is 41.1 Å². The van der Waals surface area contributed by atoms with Crippen LogP contribution >= 0.6 is 0 Å². The monoisotopic (exact) mass is 1140 g/mol. The van der Waals surface area contributed by atoms with Crippen molar-refractivity contribution in [1.82, 2.24) is 24.8 Å². The molecule has 2 aromatic heterocycles. The molecule has 7 aromatic rings.